The summed E-state index contributed by atoms with van der Waals surface area (Å²) in [7, 11) is 0. The van der Waals surface area contributed by atoms with Gasteiger partial charge in [-0.3, -0.25) is 4.79 Å². The maximum atomic E-state index is 11.1. The number of pyridine rings is 1. The van der Waals surface area contributed by atoms with Gasteiger partial charge in [0.15, 0.2) is 0 Å². The Kier molecular flexibility index (Phi) is 8.95. The highest BCUT2D eigenvalue weighted by Gasteiger charge is 2.17. The number of benzene rings is 1. The number of aryl methyl sites for hydroxylation is 3. The molecule has 1 amide bonds. The summed E-state index contributed by atoms with van der Waals surface area (Å²) in [5, 5.41) is 25.4. The number of hydrogen-bond donors (Lipinski definition) is 3. The van der Waals surface area contributed by atoms with Crippen LogP contribution in [-0.2, 0) is 17.6 Å². The summed E-state index contributed by atoms with van der Waals surface area (Å²) in [6, 6.07) is 7.88. The number of ether oxygens (including phenoxy) is 1. The lowest BCUT2D eigenvalue weighted by Crippen LogP contribution is -2.36. The zero-order valence-electron chi connectivity index (χ0n) is 21.0. The Balaban J connectivity index is 1.79. The van der Waals surface area contributed by atoms with Gasteiger partial charge in [0.1, 0.15) is 30.8 Å². The van der Waals surface area contributed by atoms with Crippen LogP contribution in [0.4, 0.5) is 0 Å². The minimum atomic E-state index is -0.906. The molecule has 0 aliphatic rings. The first-order valence-corrected chi connectivity index (χ1v) is 11.8. The summed E-state index contributed by atoms with van der Waals surface area (Å²) in [6.45, 7) is 9.65. The van der Waals surface area contributed by atoms with Crippen molar-refractivity contribution in [1.29, 1.82) is 0 Å². The number of nitrogens with zero attached hydrogens (tertiary/aromatic N) is 3. The van der Waals surface area contributed by atoms with E-state index >= 15 is 0 Å². The van der Waals surface area contributed by atoms with Gasteiger partial charge in [-0.2, -0.15) is 4.98 Å². The highest BCUT2D eigenvalue weighted by Crippen LogP contribution is 2.31. The molecule has 9 nitrogen and oxygen atoms in total. The molecule has 3 rings (SSSR count). The zero-order chi connectivity index (χ0) is 25.5. The molecule has 0 aliphatic carbocycles. The Morgan fingerprint density at radius 3 is 2.63 bits per heavy atom. The smallest absolute Gasteiger partial charge is 0.276 e. The lowest BCUT2D eigenvalue weighted by molar-refractivity contribution is -0.124. The lowest BCUT2D eigenvalue weighted by atomic mass is 10.0. The first kappa shape index (κ1) is 26.3. The van der Waals surface area contributed by atoms with Crippen molar-refractivity contribution in [3.63, 3.8) is 0 Å². The quantitative estimate of drug-likeness (QED) is 0.380. The van der Waals surface area contributed by atoms with Crippen LogP contribution in [0.25, 0.3) is 23.0 Å². The standard InChI is InChI=1S/C26H34N4O5/c1-6-18-11-19(10-17(5)24(18)34-14-21(32)12-27-23(33)13-31)25-29-26(35-30-25)22-9-16(4)8-20(28-22)7-15(2)3/h8-11,15,21,31-32H,6-7,12-14H2,1-5H3,(H,27,33)/t21-/m0/s1. The summed E-state index contributed by atoms with van der Waals surface area (Å²) in [5.41, 5.74) is 5.35. The van der Waals surface area contributed by atoms with Crippen molar-refractivity contribution in [2.75, 3.05) is 19.8 Å². The largest absolute Gasteiger partial charge is 0.490 e. The second-order valence-corrected chi connectivity index (χ2v) is 9.10. The molecule has 0 unspecified atom stereocenters. The van der Waals surface area contributed by atoms with E-state index in [2.05, 4.69) is 35.4 Å². The van der Waals surface area contributed by atoms with E-state index in [0.717, 1.165) is 34.4 Å². The van der Waals surface area contributed by atoms with Crippen LogP contribution in [0.15, 0.2) is 28.8 Å². The van der Waals surface area contributed by atoms with E-state index in [-0.39, 0.29) is 13.2 Å². The molecule has 2 aromatic heterocycles. The van der Waals surface area contributed by atoms with Crippen molar-refractivity contribution >= 4 is 5.91 Å². The number of rotatable bonds is 11. The van der Waals surface area contributed by atoms with Crippen LogP contribution in [0.1, 0.15) is 43.2 Å². The number of aliphatic hydroxyl groups excluding tert-OH is 2. The maximum absolute atomic E-state index is 11.1. The Bertz CT molecular complexity index is 1160. The minimum absolute atomic E-state index is 0.00297. The third-order valence-corrected chi connectivity index (χ3v) is 5.37. The third-order valence-electron chi connectivity index (χ3n) is 5.37. The molecule has 0 spiro atoms. The predicted octanol–water partition coefficient (Wildman–Crippen LogP) is 3.02. The average molecular weight is 483 g/mol. The molecule has 0 aliphatic heterocycles. The van der Waals surface area contributed by atoms with Crippen molar-refractivity contribution in [3.8, 4) is 28.7 Å². The highest BCUT2D eigenvalue weighted by molar-refractivity contribution is 5.76. The molecule has 0 fully saturated rings. The molecular weight excluding hydrogens is 448 g/mol. The number of aliphatic hydroxyl groups is 2. The summed E-state index contributed by atoms with van der Waals surface area (Å²) < 4.78 is 11.4. The normalized spacial score (nSPS) is 12.1. The minimum Gasteiger partial charge on any atom is -0.490 e. The molecule has 3 aromatic rings. The van der Waals surface area contributed by atoms with Gasteiger partial charge in [-0.15, -0.1) is 0 Å². The van der Waals surface area contributed by atoms with Gasteiger partial charge in [0.2, 0.25) is 11.7 Å². The van der Waals surface area contributed by atoms with E-state index in [1.54, 1.807) is 0 Å². The van der Waals surface area contributed by atoms with Gasteiger partial charge in [-0.1, -0.05) is 25.9 Å². The van der Waals surface area contributed by atoms with Gasteiger partial charge < -0.3 is 24.8 Å². The number of aromatic nitrogens is 3. The van der Waals surface area contributed by atoms with Crippen LogP contribution < -0.4 is 10.1 Å². The molecular formula is C26H34N4O5. The first-order chi connectivity index (χ1) is 16.7. The van der Waals surface area contributed by atoms with Gasteiger partial charge in [0.05, 0.1) is 0 Å². The second kappa shape index (κ2) is 11.9. The van der Waals surface area contributed by atoms with E-state index in [1.807, 2.05) is 39.0 Å². The zero-order valence-corrected chi connectivity index (χ0v) is 21.0. The van der Waals surface area contributed by atoms with Gasteiger partial charge in [0.25, 0.3) is 5.89 Å². The Morgan fingerprint density at radius 1 is 1.17 bits per heavy atom. The molecule has 35 heavy (non-hydrogen) atoms. The van der Waals surface area contributed by atoms with Crippen LogP contribution in [0.2, 0.25) is 0 Å². The van der Waals surface area contributed by atoms with Crippen molar-refractivity contribution in [2.24, 2.45) is 5.92 Å². The fourth-order valence-corrected chi connectivity index (χ4v) is 3.79. The number of carbonyl (C=O) groups excluding carboxylic acids is 1. The molecule has 0 saturated carbocycles. The van der Waals surface area contributed by atoms with Gasteiger partial charge >= 0.3 is 0 Å². The topological polar surface area (TPSA) is 131 Å². The third kappa shape index (κ3) is 7.10. The second-order valence-electron chi connectivity index (χ2n) is 9.10. The van der Waals surface area contributed by atoms with Crippen molar-refractivity contribution in [1.82, 2.24) is 20.4 Å². The number of amides is 1. The maximum Gasteiger partial charge on any atom is 0.276 e. The number of hydrogen-bond acceptors (Lipinski definition) is 8. The van der Waals surface area contributed by atoms with Crippen molar-refractivity contribution < 1.29 is 24.3 Å². The molecule has 1 atom stereocenters. The van der Waals surface area contributed by atoms with Gasteiger partial charge in [-0.05, 0) is 73.6 Å². The fourth-order valence-electron chi connectivity index (χ4n) is 3.79. The van der Waals surface area contributed by atoms with Crippen LogP contribution in [-0.4, -0.2) is 57.1 Å². The molecule has 3 N–H and O–H groups in total. The summed E-state index contributed by atoms with van der Waals surface area (Å²) in [4.78, 5) is 20.5. The molecule has 0 saturated heterocycles. The molecule has 9 heteroatoms. The summed E-state index contributed by atoms with van der Waals surface area (Å²) >= 11 is 0. The van der Waals surface area contributed by atoms with E-state index in [4.69, 9.17) is 19.4 Å². The molecule has 1 aromatic carbocycles. The van der Waals surface area contributed by atoms with Gasteiger partial charge in [0, 0.05) is 17.8 Å². The Hall–Kier alpha value is -3.30. The van der Waals surface area contributed by atoms with Gasteiger partial charge in [-0.25, -0.2) is 4.98 Å². The van der Waals surface area contributed by atoms with Crippen LogP contribution in [0, 0.1) is 19.8 Å². The van der Waals surface area contributed by atoms with E-state index in [0.29, 0.717) is 35.5 Å². The van der Waals surface area contributed by atoms with Crippen molar-refractivity contribution in [2.45, 2.75) is 53.6 Å². The van der Waals surface area contributed by atoms with Crippen LogP contribution >= 0.6 is 0 Å². The van der Waals surface area contributed by atoms with Crippen molar-refractivity contribution in [3.05, 3.63) is 46.6 Å². The predicted molar refractivity (Wildman–Crippen MR) is 132 cm³/mol. The SMILES string of the molecule is CCc1cc(-c2noc(-c3cc(C)cc(CC(C)C)n3)n2)cc(C)c1OC[C@@H](O)CNC(=O)CO. The summed E-state index contributed by atoms with van der Waals surface area (Å²) in [5.74, 6) is 1.45. The van der Waals surface area contributed by atoms with E-state index in [9.17, 15) is 9.90 Å². The number of carbonyl (C=O) groups is 1. The number of nitrogens with one attached hydrogen (secondary N) is 1. The molecule has 0 radical (unpaired) electrons. The first-order valence-electron chi connectivity index (χ1n) is 11.8. The molecule has 188 valence electrons. The van der Waals surface area contributed by atoms with Crippen LogP contribution in [0.3, 0.4) is 0 Å². The van der Waals surface area contributed by atoms with E-state index in [1.165, 1.54) is 0 Å². The Morgan fingerprint density at radius 2 is 1.94 bits per heavy atom. The van der Waals surface area contributed by atoms with E-state index < -0.39 is 18.6 Å². The molecule has 0 bridgehead atoms. The van der Waals surface area contributed by atoms with Crippen LogP contribution in [0.5, 0.6) is 5.75 Å². The highest BCUT2D eigenvalue weighted by atomic mass is 16.5. The Labute approximate surface area is 205 Å². The summed E-state index contributed by atoms with van der Waals surface area (Å²) in [6.07, 6.45) is 0.666. The lowest BCUT2D eigenvalue weighted by Gasteiger charge is -2.17. The molecule has 2 heterocycles. The fraction of sp³-hybridized carbons (Fsp3) is 0.462. The average Bonchev–Trinajstić information content (AvgIpc) is 3.31. The monoisotopic (exact) mass is 482 g/mol.